The number of benzene rings is 7. The monoisotopic (exact) mass is 617 g/mol. The molecular weight excluding hydrogens is 595 g/mol. The maximum absolute atomic E-state index is 6.21. The first-order valence-corrected chi connectivity index (χ1v) is 16.6. The van der Waals surface area contributed by atoms with Gasteiger partial charge in [-0.3, -0.25) is 4.57 Å². The zero-order chi connectivity index (χ0) is 30.6. The Morgan fingerprint density at radius 3 is 2.11 bits per heavy atom. The van der Waals surface area contributed by atoms with Crippen molar-refractivity contribution in [1.29, 1.82) is 0 Å². The van der Waals surface area contributed by atoms with Gasteiger partial charge in [-0.1, -0.05) is 103 Å². The highest BCUT2D eigenvalue weighted by molar-refractivity contribution is 7.25. The number of nitrogens with zero attached hydrogens (tertiary/aromatic N) is 3. The number of rotatable bonds is 2. The van der Waals surface area contributed by atoms with E-state index in [1.807, 2.05) is 12.1 Å². The van der Waals surface area contributed by atoms with Gasteiger partial charge >= 0.3 is 0 Å². The maximum atomic E-state index is 6.21. The number of aromatic nitrogens is 3. The quantitative estimate of drug-likeness (QED) is 0.194. The van der Waals surface area contributed by atoms with Gasteiger partial charge < -0.3 is 4.42 Å². The van der Waals surface area contributed by atoms with Crippen LogP contribution in [0.25, 0.3) is 103 Å². The summed E-state index contributed by atoms with van der Waals surface area (Å²) in [6.07, 6.45) is 0. The fourth-order valence-electron chi connectivity index (χ4n) is 7.55. The first-order valence-electron chi connectivity index (χ1n) is 15.8. The third-order valence-electron chi connectivity index (χ3n) is 9.62. The Labute approximate surface area is 271 Å². The van der Waals surface area contributed by atoms with Gasteiger partial charge in [-0.05, 0) is 52.6 Å². The molecule has 11 aromatic rings. The number of furan rings is 1. The molecule has 218 valence electrons. The van der Waals surface area contributed by atoms with Crippen molar-refractivity contribution >= 4 is 96.9 Å². The fourth-order valence-corrected chi connectivity index (χ4v) is 8.62. The van der Waals surface area contributed by atoms with Crippen LogP contribution in [0.15, 0.2) is 144 Å². The SMILES string of the molecule is c1ccc2c(c1)ccc1c2c2ccc3ccccc3c2n1-c1nc(-c2ccc3oc4ccccc4c3c2)c2c(n1)sc1ccccc12. The van der Waals surface area contributed by atoms with E-state index in [0.29, 0.717) is 5.95 Å². The van der Waals surface area contributed by atoms with Crippen LogP contribution >= 0.6 is 11.3 Å². The molecule has 0 aliphatic heterocycles. The molecule has 0 aliphatic carbocycles. The topological polar surface area (TPSA) is 43.9 Å². The molecule has 0 amide bonds. The summed E-state index contributed by atoms with van der Waals surface area (Å²) in [6, 6.07) is 49.4. The van der Waals surface area contributed by atoms with Gasteiger partial charge in [0.1, 0.15) is 16.0 Å². The van der Waals surface area contributed by atoms with Crippen LogP contribution in [0.2, 0.25) is 0 Å². The van der Waals surface area contributed by atoms with Crippen LogP contribution in [-0.4, -0.2) is 14.5 Å². The summed E-state index contributed by atoms with van der Waals surface area (Å²) in [5, 5.41) is 11.7. The molecule has 4 heterocycles. The molecule has 4 aromatic heterocycles. The molecule has 0 saturated heterocycles. The summed E-state index contributed by atoms with van der Waals surface area (Å²) in [4.78, 5) is 11.9. The van der Waals surface area contributed by atoms with E-state index >= 15 is 0 Å². The minimum atomic E-state index is 0.669. The van der Waals surface area contributed by atoms with Gasteiger partial charge in [0.25, 0.3) is 0 Å². The maximum Gasteiger partial charge on any atom is 0.236 e. The van der Waals surface area contributed by atoms with Crippen molar-refractivity contribution in [3.8, 4) is 17.2 Å². The summed E-state index contributed by atoms with van der Waals surface area (Å²) in [7, 11) is 0. The Kier molecular flexibility index (Phi) is 4.96. The van der Waals surface area contributed by atoms with Gasteiger partial charge in [0.15, 0.2) is 0 Å². The van der Waals surface area contributed by atoms with Crippen LogP contribution in [0, 0.1) is 0 Å². The standard InChI is InChI=1S/C42H23N3OS/c1-3-11-27-24(9-1)18-21-33-37(27)31-20-17-25-10-2-4-12-28(25)40(31)45(33)42-43-39(38-30-14-6-8-16-36(30)47-41(38)44-42)26-19-22-35-32(23-26)29-13-5-7-15-34(29)46-35/h1-23H. The van der Waals surface area contributed by atoms with Crippen molar-refractivity contribution in [2.45, 2.75) is 0 Å². The molecule has 11 rings (SSSR count). The molecule has 0 fully saturated rings. The predicted molar refractivity (Wildman–Crippen MR) is 197 cm³/mol. The minimum absolute atomic E-state index is 0.669. The summed E-state index contributed by atoms with van der Waals surface area (Å²) in [5.41, 5.74) is 5.94. The second kappa shape index (κ2) is 9.25. The molecule has 4 nitrogen and oxygen atoms in total. The van der Waals surface area contributed by atoms with Crippen LogP contribution in [-0.2, 0) is 0 Å². The van der Waals surface area contributed by atoms with Crippen molar-refractivity contribution in [3.63, 3.8) is 0 Å². The third-order valence-corrected chi connectivity index (χ3v) is 10.7. The van der Waals surface area contributed by atoms with Crippen LogP contribution in [0.1, 0.15) is 0 Å². The van der Waals surface area contributed by atoms with Gasteiger partial charge in [-0.15, -0.1) is 11.3 Å². The molecule has 0 saturated carbocycles. The second-order valence-electron chi connectivity index (χ2n) is 12.2. The van der Waals surface area contributed by atoms with Gasteiger partial charge in [-0.25, -0.2) is 9.97 Å². The summed E-state index contributed by atoms with van der Waals surface area (Å²) in [5.74, 6) is 0.669. The van der Waals surface area contributed by atoms with E-state index in [4.69, 9.17) is 14.4 Å². The van der Waals surface area contributed by atoms with Crippen LogP contribution in [0.3, 0.4) is 0 Å². The highest BCUT2D eigenvalue weighted by Gasteiger charge is 2.22. The molecular formula is C42H23N3OS. The largest absolute Gasteiger partial charge is 0.456 e. The Balaban J connectivity index is 1.31. The smallest absolute Gasteiger partial charge is 0.236 e. The minimum Gasteiger partial charge on any atom is -0.456 e. The Bertz CT molecular complexity index is 3090. The highest BCUT2D eigenvalue weighted by atomic mass is 32.1. The number of thiophene rings is 1. The summed E-state index contributed by atoms with van der Waals surface area (Å²) < 4.78 is 9.69. The van der Waals surface area contributed by atoms with Crippen molar-refractivity contribution < 1.29 is 4.42 Å². The van der Waals surface area contributed by atoms with Gasteiger partial charge in [-0.2, -0.15) is 0 Å². The van der Waals surface area contributed by atoms with E-state index in [9.17, 15) is 0 Å². The molecule has 5 heteroatoms. The predicted octanol–water partition coefficient (Wildman–Crippen LogP) is 11.8. The number of hydrogen-bond acceptors (Lipinski definition) is 4. The zero-order valence-electron chi connectivity index (χ0n) is 24.9. The fraction of sp³-hybridized carbons (Fsp3) is 0. The van der Waals surface area contributed by atoms with E-state index in [-0.39, 0.29) is 0 Å². The normalized spacial score (nSPS) is 12.3. The molecule has 47 heavy (non-hydrogen) atoms. The zero-order valence-corrected chi connectivity index (χ0v) is 25.8. The highest BCUT2D eigenvalue weighted by Crippen LogP contribution is 2.43. The molecule has 0 aliphatic rings. The lowest BCUT2D eigenvalue weighted by atomic mass is 10.0. The average molecular weight is 618 g/mol. The molecule has 0 N–H and O–H groups in total. The number of hydrogen-bond donors (Lipinski definition) is 0. The first kappa shape index (κ1) is 25.2. The Hall–Kier alpha value is -6.04. The van der Waals surface area contributed by atoms with Crippen molar-refractivity contribution in [2.24, 2.45) is 0 Å². The van der Waals surface area contributed by atoms with Gasteiger partial charge in [0.2, 0.25) is 5.95 Å². The van der Waals surface area contributed by atoms with Crippen LogP contribution < -0.4 is 0 Å². The van der Waals surface area contributed by atoms with Crippen molar-refractivity contribution in [1.82, 2.24) is 14.5 Å². The van der Waals surface area contributed by atoms with E-state index in [1.54, 1.807) is 11.3 Å². The third kappa shape index (κ3) is 3.46. The van der Waals surface area contributed by atoms with Crippen molar-refractivity contribution in [2.75, 3.05) is 0 Å². The molecule has 0 bridgehead atoms. The lowest BCUT2D eigenvalue weighted by Crippen LogP contribution is -2.03. The number of para-hydroxylation sites is 1. The first-order chi connectivity index (χ1) is 23.3. The Morgan fingerprint density at radius 2 is 1.21 bits per heavy atom. The molecule has 7 aromatic carbocycles. The summed E-state index contributed by atoms with van der Waals surface area (Å²) in [6.45, 7) is 0. The van der Waals surface area contributed by atoms with E-state index in [2.05, 4.69) is 132 Å². The van der Waals surface area contributed by atoms with Crippen LogP contribution in [0.4, 0.5) is 0 Å². The van der Waals surface area contributed by atoms with E-state index in [1.165, 1.54) is 42.4 Å². The molecule has 0 radical (unpaired) electrons. The van der Waals surface area contributed by atoms with E-state index < -0.39 is 0 Å². The van der Waals surface area contributed by atoms with Crippen molar-refractivity contribution in [3.05, 3.63) is 140 Å². The summed E-state index contributed by atoms with van der Waals surface area (Å²) >= 11 is 1.72. The second-order valence-corrected chi connectivity index (χ2v) is 13.2. The van der Waals surface area contributed by atoms with Crippen LogP contribution in [0.5, 0.6) is 0 Å². The lowest BCUT2D eigenvalue weighted by molar-refractivity contribution is 0.669. The van der Waals surface area contributed by atoms with Gasteiger partial charge in [0.05, 0.1) is 16.7 Å². The Morgan fingerprint density at radius 1 is 0.511 bits per heavy atom. The van der Waals surface area contributed by atoms with E-state index in [0.717, 1.165) is 54.4 Å². The molecule has 0 unspecified atom stereocenters. The average Bonchev–Trinajstić information content (AvgIpc) is 3.80. The number of fused-ring (bicyclic) bond motifs is 13. The molecule has 0 spiro atoms. The van der Waals surface area contributed by atoms with Gasteiger partial charge in [0, 0.05) is 48.0 Å². The lowest BCUT2D eigenvalue weighted by Gasteiger charge is -2.11. The molecule has 0 atom stereocenters.